The van der Waals surface area contributed by atoms with Crippen LogP contribution in [-0.4, -0.2) is 39.3 Å². The Balaban J connectivity index is 3.24. The molecule has 0 spiro atoms. The molecule has 0 radical (unpaired) electrons. The molecule has 0 saturated carbocycles. The monoisotopic (exact) mass is 295 g/mol. The zero-order chi connectivity index (χ0) is 14.0. The van der Waals surface area contributed by atoms with Crippen molar-refractivity contribution in [2.45, 2.75) is 12.7 Å². The Kier molecular flexibility index (Phi) is 4.78. The van der Waals surface area contributed by atoms with E-state index in [2.05, 4.69) is 0 Å². The summed E-state index contributed by atoms with van der Waals surface area (Å²) in [6, 6.07) is 3.20. The molecule has 0 fully saturated rings. The van der Waals surface area contributed by atoms with Crippen molar-refractivity contribution in [1.82, 2.24) is 4.31 Å². The average Bonchev–Trinajstić information content (AvgIpc) is 2.68. The molecule has 1 aromatic heterocycles. The molecule has 0 N–H and O–H groups in total. The van der Waals surface area contributed by atoms with E-state index in [1.165, 1.54) is 20.0 Å². The summed E-state index contributed by atoms with van der Waals surface area (Å²) in [5.74, 6) is -0.635. The molecule has 8 heteroatoms. The van der Waals surface area contributed by atoms with Crippen molar-refractivity contribution in [2.24, 2.45) is 0 Å². The quantitative estimate of drug-likeness (QED) is 0.751. The van der Waals surface area contributed by atoms with Crippen LogP contribution in [0.15, 0.2) is 22.8 Å². The molecule has 0 bridgehead atoms. The van der Waals surface area contributed by atoms with Gasteiger partial charge in [-0.05, 0) is 19.1 Å². The van der Waals surface area contributed by atoms with E-state index in [9.17, 15) is 13.0 Å². The number of sulfonamides is 1. The third kappa shape index (κ3) is 3.45. The fraction of sp³-hybridized carbons (Fsp3) is 0.600. The van der Waals surface area contributed by atoms with E-state index in [4.69, 9.17) is 8.94 Å². The van der Waals surface area contributed by atoms with E-state index < -0.39 is 23.2 Å². The second-order valence-corrected chi connectivity index (χ2v) is 8.60. The summed E-state index contributed by atoms with van der Waals surface area (Å²) in [5, 5.41) is 0. The molecule has 0 aromatic carbocycles. The molecule has 0 aliphatic heterocycles. The largest absolute Gasteiger partial charge is 0.467 e. The minimum absolute atomic E-state index is 0.239. The van der Waals surface area contributed by atoms with Crippen molar-refractivity contribution < 1.29 is 21.9 Å². The van der Waals surface area contributed by atoms with Gasteiger partial charge in [0, 0.05) is 13.7 Å². The third-order valence-electron chi connectivity index (χ3n) is 2.49. The predicted octanol–water partition coefficient (Wildman–Crippen LogP) is 2.11. The van der Waals surface area contributed by atoms with Gasteiger partial charge in [-0.3, -0.25) is 4.57 Å². The topological polar surface area (TPSA) is 76.8 Å². The van der Waals surface area contributed by atoms with Crippen LogP contribution in [-0.2, 0) is 19.1 Å². The van der Waals surface area contributed by atoms with Crippen LogP contribution in [0.25, 0.3) is 0 Å². The van der Waals surface area contributed by atoms with Crippen LogP contribution in [0.4, 0.5) is 0 Å². The van der Waals surface area contributed by atoms with Crippen LogP contribution in [0.3, 0.4) is 0 Å². The van der Waals surface area contributed by atoms with E-state index in [1.807, 2.05) is 0 Å². The number of hydrogen-bond donors (Lipinski definition) is 0. The van der Waals surface area contributed by atoms with Crippen molar-refractivity contribution >= 4 is 17.4 Å². The molecule has 0 aliphatic rings. The number of hydrogen-bond acceptors (Lipinski definition) is 5. The first-order valence-corrected chi connectivity index (χ1v) is 9.37. The summed E-state index contributed by atoms with van der Waals surface area (Å²) in [5.41, 5.74) is 0. The Bertz CT molecular complexity index is 524. The van der Waals surface area contributed by atoms with E-state index in [0.717, 1.165) is 10.6 Å². The third-order valence-corrected chi connectivity index (χ3v) is 6.17. The number of nitrogens with zero attached hydrogens (tertiary/aromatic N) is 1. The highest BCUT2D eigenvalue weighted by Gasteiger charge is 2.39. The van der Waals surface area contributed by atoms with Crippen LogP contribution < -0.4 is 0 Å². The highest BCUT2D eigenvalue weighted by atomic mass is 32.2. The van der Waals surface area contributed by atoms with Gasteiger partial charge in [0.05, 0.1) is 19.1 Å². The number of furan rings is 1. The van der Waals surface area contributed by atoms with Crippen molar-refractivity contribution in [1.29, 1.82) is 0 Å². The van der Waals surface area contributed by atoms with E-state index in [0.29, 0.717) is 5.76 Å². The average molecular weight is 295 g/mol. The van der Waals surface area contributed by atoms with Gasteiger partial charge in [0.25, 0.3) is 0 Å². The first-order chi connectivity index (χ1) is 8.20. The first kappa shape index (κ1) is 15.4. The van der Waals surface area contributed by atoms with Gasteiger partial charge in [0.2, 0.25) is 17.4 Å². The maximum atomic E-state index is 12.5. The highest BCUT2D eigenvalue weighted by molar-refractivity contribution is 7.88. The standard InChI is InChI=1S/C10H18NO5PS/c1-5-16-17(3,12)10(9-7-6-8-15-9)11(2)18(4,13)14/h6-8,10H,5H2,1-4H3. The van der Waals surface area contributed by atoms with Gasteiger partial charge >= 0.3 is 0 Å². The smallest absolute Gasteiger partial charge is 0.225 e. The summed E-state index contributed by atoms with van der Waals surface area (Å²) in [4.78, 5) is 0. The normalized spacial score (nSPS) is 17.6. The van der Waals surface area contributed by atoms with Gasteiger partial charge in [-0.25, -0.2) is 8.42 Å². The van der Waals surface area contributed by atoms with Gasteiger partial charge in [0.1, 0.15) is 5.76 Å². The number of rotatable bonds is 6. The SMILES string of the molecule is CCOP(C)(=O)C(c1ccco1)N(C)S(C)(=O)=O. The summed E-state index contributed by atoms with van der Waals surface area (Å²) in [6.07, 6.45) is 2.46. The van der Waals surface area contributed by atoms with Crippen molar-refractivity contribution in [2.75, 3.05) is 26.6 Å². The van der Waals surface area contributed by atoms with E-state index >= 15 is 0 Å². The van der Waals surface area contributed by atoms with E-state index in [1.54, 1.807) is 19.1 Å². The van der Waals surface area contributed by atoms with Crippen LogP contribution in [0, 0.1) is 0 Å². The van der Waals surface area contributed by atoms with Crippen molar-refractivity contribution in [3.8, 4) is 0 Å². The van der Waals surface area contributed by atoms with Crippen LogP contribution in [0.1, 0.15) is 18.5 Å². The summed E-state index contributed by atoms with van der Waals surface area (Å²) in [6.45, 7) is 3.35. The van der Waals surface area contributed by atoms with Gasteiger partial charge in [-0.15, -0.1) is 0 Å². The molecule has 2 atom stereocenters. The Morgan fingerprint density at radius 3 is 2.56 bits per heavy atom. The summed E-state index contributed by atoms with van der Waals surface area (Å²) < 4.78 is 47.2. The molecule has 2 unspecified atom stereocenters. The minimum atomic E-state index is -3.51. The lowest BCUT2D eigenvalue weighted by molar-refractivity contribution is 0.295. The predicted molar refractivity (Wildman–Crippen MR) is 69.2 cm³/mol. The summed E-state index contributed by atoms with van der Waals surface area (Å²) in [7, 11) is -5.34. The molecule has 104 valence electrons. The Morgan fingerprint density at radius 2 is 2.17 bits per heavy atom. The zero-order valence-electron chi connectivity index (χ0n) is 10.9. The second-order valence-electron chi connectivity index (χ2n) is 3.99. The molecule has 1 heterocycles. The second kappa shape index (κ2) is 5.57. The lowest BCUT2D eigenvalue weighted by atomic mass is 10.4. The van der Waals surface area contributed by atoms with Crippen LogP contribution in [0.5, 0.6) is 0 Å². The lowest BCUT2D eigenvalue weighted by Gasteiger charge is -2.29. The fourth-order valence-electron chi connectivity index (χ4n) is 1.65. The highest BCUT2D eigenvalue weighted by Crippen LogP contribution is 2.58. The van der Waals surface area contributed by atoms with Crippen molar-refractivity contribution in [3.05, 3.63) is 24.2 Å². The Labute approximate surface area is 107 Å². The molecule has 0 saturated heterocycles. The summed E-state index contributed by atoms with van der Waals surface area (Å²) >= 11 is 0. The maximum Gasteiger partial charge on any atom is 0.225 e. The molecular weight excluding hydrogens is 277 g/mol. The van der Waals surface area contributed by atoms with Gasteiger partial charge in [-0.1, -0.05) is 0 Å². The van der Waals surface area contributed by atoms with E-state index in [-0.39, 0.29) is 6.61 Å². The van der Waals surface area contributed by atoms with Crippen LogP contribution in [0.2, 0.25) is 0 Å². The Morgan fingerprint density at radius 1 is 1.56 bits per heavy atom. The first-order valence-electron chi connectivity index (χ1n) is 5.38. The molecule has 0 amide bonds. The molecule has 6 nitrogen and oxygen atoms in total. The molecule has 18 heavy (non-hydrogen) atoms. The molecule has 0 aliphatic carbocycles. The Hall–Kier alpha value is -0.620. The zero-order valence-corrected chi connectivity index (χ0v) is 12.6. The van der Waals surface area contributed by atoms with Gasteiger partial charge in [-0.2, -0.15) is 4.31 Å². The molecule has 1 rings (SSSR count). The van der Waals surface area contributed by atoms with Crippen LogP contribution >= 0.6 is 7.37 Å². The molecular formula is C10H18NO5PS. The molecule has 1 aromatic rings. The van der Waals surface area contributed by atoms with Crippen molar-refractivity contribution in [3.63, 3.8) is 0 Å². The maximum absolute atomic E-state index is 12.5. The minimum Gasteiger partial charge on any atom is -0.467 e. The lowest BCUT2D eigenvalue weighted by Crippen LogP contribution is -2.30. The van der Waals surface area contributed by atoms with Gasteiger partial charge in [0.15, 0.2) is 5.78 Å². The van der Waals surface area contributed by atoms with Gasteiger partial charge < -0.3 is 8.94 Å². The fourth-order valence-corrected chi connectivity index (χ4v) is 5.00.